The second kappa shape index (κ2) is 4.97. The van der Waals surface area contributed by atoms with Crippen molar-refractivity contribution in [1.82, 2.24) is 4.98 Å². The fourth-order valence-corrected chi connectivity index (χ4v) is 1.59. The molecule has 0 aliphatic rings. The topological polar surface area (TPSA) is 94.1 Å². The van der Waals surface area contributed by atoms with E-state index in [0.717, 1.165) is 10.9 Å². The number of fused-ring (bicyclic) bond motifs is 1. The van der Waals surface area contributed by atoms with Crippen molar-refractivity contribution in [3.63, 3.8) is 0 Å². The first kappa shape index (κ1) is 12.3. The van der Waals surface area contributed by atoms with E-state index in [1.807, 2.05) is 6.92 Å². The second-order valence-electron chi connectivity index (χ2n) is 4.19. The van der Waals surface area contributed by atoms with Crippen LogP contribution < -0.4 is 11.1 Å². The Kier molecular flexibility index (Phi) is 3.38. The quantitative estimate of drug-likeness (QED) is 0.634. The lowest BCUT2D eigenvalue weighted by molar-refractivity contribution is -0.384. The highest BCUT2D eigenvalue weighted by molar-refractivity contribution is 5.82. The van der Waals surface area contributed by atoms with E-state index in [1.165, 1.54) is 12.1 Å². The van der Waals surface area contributed by atoms with Crippen molar-refractivity contribution in [2.24, 2.45) is 5.73 Å². The van der Waals surface area contributed by atoms with E-state index in [0.29, 0.717) is 12.4 Å². The summed E-state index contributed by atoms with van der Waals surface area (Å²) < 4.78 is 0. The van der Waals surface area contributed by atoms with Gasteiger partial charge in [-0.25, -0.2) is 4.98 Å². The molecule has 2 aromatic rings. The van der Waals surface area contributed by atoms with Crippen molar-refractivity contribution in [3.8, 4) is 0 Å². The normalized spacial score (nSPS) is 12.3. The van der Waals surface area contributed by atoms with Crippen molar-refractivity contribution < 1.29 is 4.92 Å². The SMILES string of the molecule is CC(N)CNc1ccc2cc([N+](=O)[O-])ccc2n1. The van der Waals surface area contributed by atoms with Crippen LogP contribution in [0.15, 0.2) is 30.3 Å². The summed E-state index contributed by atoms with van der Waals surface area (Å²) in [5, 5.41) is 14.5. The number of nitro benzene ring substituents is 1. The van der Waals surface area contributed by atoms with Crippen LogP contribution in [0.3, 0.4) is 0 Å². The Hall–Kier alpha value is -2.21. The summed E-state index contributed by atoms with van der Waals surface area (Å²) in [5.74, 6) is 0.716. The van der Waals surface area contributed by atoms with Gasteiger partial charge in [-0.1, -0.05) is 0 Å². The number of benzene rings is 1. The summed E-state index contributed by atoms with van der Waals surface area (Å²) in [6.45, 7) is 2.53. The lowest BCUT2D eigenvalue weighted by Crippen LogP contribution is -2.25. The molecule has 0 amide bonds. The van der Waals surface area contributed by atoms with Gasteiger partial charge in [0.1, 0.15) is 5.82 Å². The van der Waals surface area contributed by atoms with Crippen LogP contribution in [0.2, 0.25) is 0 Å². The van der Waals surface area contributed by atoms with Gasteiger partial charge in [-0.2, -0.15) is 0 Å². The van der Waals surface area contributed by atoms with Crippen molar-refractivity contribution in [2.75, 3.05) is 11.9 Å². The summed E-state index contributed by atoms with van der Waals surface area (Å²) in [6.07, 6.45) is 0. The molecule has 3 N–H and O–H groups in total. The molecule has 0 fully saturated rings. The number of nitrogens with zero attached hydrogens (tertiary/aromatic N) is 2. The minimum atomic E-state index is -0.415. The van der Waals surface area contributed by atoms with Crippen LogP contribution in [-0.2, 0) is 0 Å². The van der Waals surface area contributed by atoms with Crippen LogP contribution in [0.4, 0.5) is 11.5 Å². The first-order chi connectivity index (χ1) is 8.56. The summed E-state index contributed by atoms with van der Waals surface area (Å²) in [6, 6.07) is 8.24. The molecule has 2 rings (SSSR count). The van der Waals surface area contributed by atoms with Gasteiger partial charge >= 0.3 is 0 Å². The lowest BCUT2D eigenvalue weighted by Gasteiger charge is -2.08. The average molecular weight is 246 g/mol. The van der Waals surface area contributed by atoms with Crippen molar-refractivity contribution in [2.45, 2.75) is 13.0 Å². The van der Waals surface area contributed by atoms with Gasteiger partial charge < -0.3 is 11.1 Å². The van der Waals surface area contributed by atoms with Gasteiger partial charge in [0.2, 0.25) is 0 Å². The summed E-state index contributed by atoms with van der Waals surface area (Å²) in [4.78, 5) is 14.6. The largest absolute Gasteiger partial charge is 0.369 e. The van der Waals surface area contributed by atoms with Crippen LogP contribution in [0, 0.1) is 10.1 Å². The Morgan fingerprint density at radius 1 is 1.44 bits per heavy atom. The Bertz CT molecular complexity index is 583. The molecule has 6 heteroatoms. The van der Waals surface area contributed by atoms with E-state index in [4.69, 9.17) is 5.73 Å². The molecule has 0 radical (unpaired) electrons. The van der Waals surface area contributed by atoms with E-state index < -0.39 is 4.92 Å². The number of anilines is 1. The molecule has 0 aliphatic carbocycles. The maximum Gasteiger partial charge on any atom is 0.270 e. The summed E-state index contributed by atoms with van der Waals surface area (Å²) >= 11 is 0. The predicted molar refractivity (Wildman–Crippen MR) is 70.5 cm³/mol. The Morgan fingerprint density at radius 3 is 2.89 bits per heavy atom. The summed E-state index contributed by atoms with van der Waals surface area (Å²) in [5.41, 5.74) is 6.43. The van der Waals surface area contributed by atoms with E-state index in [-0.39, 0.29) is 11.7 Å². The Balaban J connectivity index is 2.29. The standard InChI is InChI=1S/C12H14N4O2/c1-8(13)7-14-12-5-2-9-6-10(16(17)18)3-4-11(9)15-12/h2-6,8H,7,13H2,1H3,(H,14,15). The van der Waals surface area contributed by atoms with Crippen LogP contribution in [0.25, 0.3) is 10.9 Å². The zero-order valence-corrected chi connectivity index (χ0v) is 9.96. The first-order valence-electron chi connectivity index (χ1n) is 5.61. The molecule has 0 saturated carbocycles. The molecule has 0 aliphatic heterocycles. The van der Waals surface area contributed by atoms with Crippen LogP contribution in [-0.4, -0.2) is 22.5 Å². The molecule has 0 saturated heterocycles. The lowest BCUT2D eigenvalue weighted by atomic mass is 10.2. The fraction of sp³-hybridized carbons (Fsp3) is 0.250. The molecular weight excluding hydrogens is 232 g/mol. The number of hydrogen-bond acceptors (Lipinski definition) is 5. The number of nitrogens with two attached hydrogens (primary N) is 1. The van der Waals surface area contributed by atoms with Crippen LogP contribution >= 0.6 is 0 Å². The third-order valence-electron chi connectivity index (χ3n) is 2.49. The Labute approximate surface area is 104 Å². The fourth-order valence-electron chi connectivity index (χ4n) is 1.59. The molecule has 1 unspecified atom stereocenters. The highest BCUT2D eigenvalue weighted by atomic mass is 16.6. The smallest absolute Gasteiger partial charge is 0.270 e. The minimum Gasteiger partial charge on any atom is -0.369 e. The Morgan fingerprint density at radius 2 is 2.22 bits per heavy atom. The number of rotatable bonds is 4. The monoisotopic (exact) mass is 246 g/mol. The molecule has 6 nitrogen and oxygen atoms in total. The minimum absolute atomic E-state index is 0.0411. The molecule has 1 atom stereocenters. The molecule has 1 aromatic carbocycles. The van der Waals surface area contributed by atoms with E-state index >= 15 is 0 Å². The molecule has 1 aromatic heterocycles. The highest BCUT2D eigenvalue weighted by Gasteiger charge is 2.07. The van der Waals surface area contributed by atoms with Gasteiger partial charge in [0.05, 0.1) is 10.4 Å². The second-order valence-corrected chi connectivity index (χ2v) is 4.19. The van der Waals surface area contributed by atoms with E-state index in [1.54, 1.807) is 18.2 Å². The van der Waals surface area contributed by atoms with Crippen molar-refractivity contribution in [3.05, 3.63) is 40.4 Å². The molecule has 94 valence electrons. The predicted octanol–water partition coefficient (Wildman–Crippen LogP) is 1.90. The molecular formula is C12H14N4O2. The molecule has 1 heterocycles. The summed E-state index contributed by atoms with van der Waals surface area (Å²) in [7, 11) is 0. The molecule has 0 bridgehead atoms. The van der Waals surface area contributed by atoms with Gasteiger partial charge in [-0.05, 0) is 25.1 Å². The number of pyridine rings is 1. The van der Waals surface area contributed by atoms with Gasteiger partial charge in [-0.15, -0.1) is 0 Å². The maximum absolute atomic E-state index is 10.6. The number of aromatic nitrogens is 1. The van der Waals surface area contributed by atoms with Crippen LogP contribution in [0.5, 0.6) is 0 Å². The maximum atomic E-state index is 10.6. The van der Waals surface area contributed by atoms with Crippen molar-refractivity contribution in [1.29, 1.82) is 0 Å². The third-order valence-corrected chi connectivity index (χ3v) is 2.49. The van der Waals surface area contributed by atoms with Gasteiger partial charge in [-0.3, -0.25) is 10.1 Å². The number of non-ortho nitro benzene ring substituents is 1. The first-order valence-corrected chi connectivity index (χ1v) is 5.61. The number of nitro groups is 1. The van der Waals surface area contributed by atoms with Crippen molar-refractivity contribution >= 4 is 22.4 Å². The van der Waals surface area contributed by atoms with Gasteiger partial charge in [0.15, 0.2) is 0 Å². The number of hydrogen-bond donors (Lipinski definition) is 2. The average Bonchev–Trinajstić information content (AvgIpc) is 2.35. The molecule has 0 spiro atoms. The van der Waals surface area contributed by atoms with E-state index in [2.05, 4.69) is 10.3 Å². The number of nitrogens with one attached hydrogen (secondary N) is 1. The van der Waals surface area contributed by atoms with Gasteiger partial charge in [0.25, 0.3) is 5.69 Å². The zero-order chi connectivity index (χ0) is 13.1. The van der Waals surface area contributed by atoms with Crippen LogP contribution in [0.1, 0.15) is 6.92 Å². The highest BCUT2D eigenvalue weighted by Crippen LogP contribution is 2.20. The molecule has 18 heavy (non-hydrogen) atoms. The van der Waals surface area contributed by atoms with Gasteiger partial charge in [0, 0.05) is 30.1 Å². The van der Waals surface area contributed by atoms with E-state index in [9.17, 15) is 10.1 Å². The third kappa shape index (κ3) is 2.72. The zero-order valence-electron chi connectivity index (χ0n) is 9.96.